The fraction of sp³-hybridized carbons (Fsp3) is 0.227. The summed E-state index contributed by atoms with van der Waals surface area (Å²) in [6, 6.07) is 12.6. The molecule has 0 radical (unpaired) electrons. The van der Waals surface area contributed by atoms with Gasteiger partial charge in [-0.25, -0.2) is 13.9 Å². The van der Waals surface area contributed by atoms with Gasteiger partial charge in [0, 0.05) is 17.3 Å². The van der Waals surface area contributed by atoms with Gasteiger partial charge in [-0.3, -0.25) is 0 Å². The van der Waals surface area contributed by atoms with Crippen molar-refractivity contribution in [2.45, 2.75) is 25.7 Å². The first-order valence-corrected chi connectivity index (χ1v) is 9.27. The third kappa shape index (κ3) is 3.57. The summed E-state index contributed by atoms with van der Waals surface area (Å²) in [5, 5.41) is 13.5. The molecule has 0 bridgehead atoms. The van der Waals surface area contributed by atoms with Gasteiger partial charge >= 0.3 is 5.97 Å². The van der Waals surface area contributed by atoms with Crippen LogP contribution < -0.4 is 9.47 Å². The standard InChI is InChI=1S/C22H18FN3O3/c1-28-20-12-14(13-24)6-11-19(20)29-22(27)21-17-4-2-3-5-18(17)26(25-21)16-9-7-15(23)8-10-16/h6-12H,2-5H2,1H3. The number of carbonyl (C=O) groups excluding carboxylic acids is 1. The maximum atomic E-state index is 13.3. The third-order valence-corrected chi connectivity index (χ3v) is 4.94. The van der Waals surface area contributed by atoms with E-state index in [1.807, 2.05) is 6.07 Å². The second-order valence-corrected chi connectivity index (χ2v) is 6.74. The van der Waals surface area contributed by atoms with Gasteiger partial charge in [0.25, 0.3) is 0 Å². The average Bonchev–Trinajstić information content (AvgIpc) is 3.14. The molecule has 0 aliphatic heterocycles. The number of benzene rings is 2. The number of aromatic nitrogens is 2. The maximum Gasteiger partial charge on any atom is 0.364 e. The number of nitrogens with zero attached hydrogens (tertiary/aromatic N) is 3. The van der Waals surface area contributed by atoms with E-state index in [1.54, 1.807) is 22.9 Å². The van der Waals surface area contributed by atoms with E-state index in [0.717, 1.165) is 36.9 Å². The lowest BCUT2D eigenvalue weighted by Gasteiger charge is -2.14. The minimum Gasteiger partial charge on any atom is -0.493 e. The molecule has 1 aliphatic carbocycles. The molecule has 146 valence electrons. The van der Waals surface area contributed by atoms with Gasteiger partial charge in [0.1, 0.15) is 5.82 Å². The van der Waals surface area contributed by atoms with Crippen LogP contribution >= 0.6 is 0 Å². The molecule has 4 rings (SSSR count). The number of ether oxygens (including phenoxy) is 2. The number of methoxy groups -OCH3 is 1. The van der Waals surface area contributed by atoms with Gasteiger partial charge in [-0.15, -0.1) is 0 Å². The Balaban J connectivity index is 1.71. The number of halogens is 1. The third-order valence-electron chi connectivity index (χ3n) is 4.94. The molecule has 1 heterocycles. The van der Waals surface area contributed by atoms with Crippen LogP contribution in [0.4, 0.5) is 4.39 Å². The molecule has 29 heavy (non-hydrogen) atoms. The SMILES string of the molecule is COc1cc(C#N)ccc1OC(=O)c1nn(-c2ccc(F)cc2)c2c1CCCC2. The monoisotopic (exact) mass is 391 g/mol. The lowest BCUT2D eigenvalue weighted by Crippen LogP contribution is -2.13. The smallest absolute Gasteiger partial charge is 0.364 e. The van der Waals surface area contributed by atoms with Gasteiger partial charge in [0.2, 0.25) is 0 Å². The summed E-state index contributed by atoms with van der Waals surface area (Å²) in [5.74, 6) is -0.407. The molecule has 1 aromatic heterocycles. The lowest BCUT2D eigenvalue weighted by atomic mass is 9.95. The van der Waals surface area contributed by atoms with Crippen LogP contribution in [0.2, 0.25) is 0 Å². The zero-order valence-electron chi connectivity index (χ0n) is 15.8. The van der Waals surface area contributed by atoms with Gasteiger partial charge in [0.15, 0.2) is 17.2 Å². The van der Waals surface area contributed by atoms with Crippen molar-refractivity contribution in [1.29, 1.82) is 5.26 Å². The normalized spacial score (nSPS) is 12.7. The van der Waals surface area contributed by atoms with E-state index in [-0.39, 0.29) is 17.3 Å². The van der Waals surface area contributed by atoms with Crippen molar-refractivity contribution in [2.75, 3.05) is 7.11 Å². The fourth-order valence-electron chi connectivity index (χ4n) is 3.53. The van der Waals surface area contributed by atoms with Crippen molar-refractivity contribution in [1.82, 2.24) is 9.78 Å². The van der Waals surface area contributed by atoms with Crippen LogP contribution in [0.15, 0.2) is 42.5 Å². The first-order chi connectivity index (χ1) is 14.1. The number of esters is 1. The summed E-state index contributed by atoms with van der Waals surface area (Å²) in [5.41, 5.74) is 3.15. The first-order valence-electron chi connectivity index (χ1n) is 9.27. The summed E-state index contributed by atoms with van der Waals surface area (Å²) in [4.78, 5) is 12.9. The highest BCUT2D eigenvalue weighted by Gasteiger charge is 2.27. The highest BCUT2D eigenvalue weighted by molar-refractivity contribution is 5.91. The molecular formula is C22H18FN3O3. The Kier molecular flexibility index (Phi) is 5.00. The quantitative estimate of drug-likeness (QED) is 0.496. The number of fused-ring (bicyclic) bond motifs is 1. The number of hydrogen-bond donors (Lipinski definition) is 0. The molecule has 0 fully saturated rings. The van der Waals surface area contributed by atoms with Gasteiger partial charge < -0.3 is 9.47 Å². The van der Waals surface area contributed by atoms with Crippen LogP contribution in [-0.4, -0.2) is 22.9 Å². The second-order valence-electron chi connectivity index (χ2n) is 6.74. The van der Waals surface area contributed by atoms with Gasteiger partial charge in [-0.05, 0) is 62.1 Å². The number of carbonyl (C=O) groups is 1. The fourth-order valence-corrected chi connectivity index (χ4v) is 3.53. The first kappa shape index (κ1) is 18.7. The number of hydrogen-bond acceptors (Lipinski definition) is 5. The molecule has 0 saturated heterocycles. The van der Waals surface area contributed by atoms with Crippen LogP contribution in [0.3, 0.4) is 0 Å². The van der Waals surface area contributed by atoms with Crippen LogP contribution in [0.25, 0.3) is 5.69 Å². The van der Waals surface area contributed by atoms with Gasteiger partial charge in [0.05, 0.1) is 24.4 Å². The summed E-state index contributed by atoms with van der Waals surface area (Å²) >= 11 is 0. The Bertz CT molecular complexity index is 1110. The van der Waals surface area contributed by atoms with Crippen molar-refractivity contribution >= 4 is 5.97 Å². The molecule has 3 aromatic rings. The van der Waals surface area contributed by atoms with Gasteiger partial charge in [-0.2, -0.15) is 10.4 Å². The average molecular weight is 391 g/mol. The van der Waals surface area contributed by atoms with E-state index in [4.69, 9.17) is 14.7 Å². The highest BCUT2D eigenvalue weighted by Crippen LogP contribution is 2.31. The Morgan fingerprint density at radius 3 is 2.62 bits per heavy atom. The summed E-state index contributed by atoms with van der Waals surface area (Å²) in [7, 11) is 1.44. The molecule has 2 aromatic carbocycles. The van der Waals surface area contributed by atoms with E-state index in [9.17, 15) is 9.18 Å². The molecule has 6 nitrogen and oxygen atoms in total. The molecule has 0 unspecified atom stereocenters. The minimum atomic E-state index is -0.591. The van der Waals surface area contributed by atoms with E-state index in [0.29, 0.717) is 17.0 Å². The zero-order valence-corrected chi connectivity index (χ0v) is 15.8. The number of nitriles is 1. The maximum absolute atomic E-state index is 13.3. The van der Waals surface area contributed by atoms with E-state index >= 15 is 0 Å². The molecule has 0 atom stereocenters. The molecule has 7 heteroatoms. The predicted molar refractivity (Wildman–Crippen MR) is 103 cm³/mol. The van der Waals surface area contributed by atoms with Crippen molar-refractivity contribution in [3.63, 3.8) is 0 Å². The molecule has 0 amide bonds. The molecule has 1 aliphatic rings. The Morgan fingerprint density at radius 1 is 1.14 bits per heavy atom. The van der Waals surface area contributed by atoms with E-state index < -0.39 is 5.97 Å². The van der Waals surface area contributed by atoms with Crippen LogP contribution in [0.5, 0.6) is 11.5 Å². The molecular weight excluding hydrogens is 373 g/mol. The number of rotatable bonds is 4. The minimum absolute atomic E-state index is 0.220. The topological polar surface area (TPSA) is 77.1 Å². The summed E-state index contributed by atoms with van der Waals surface area (Å²) in [6.07, 6.45) is 3.47. The Labute approximate surface area is 167 Å². The van der Waals surface area contributed by atoms with Crippen molar-refractivity contribution in [3.05, 3.63) is 70.8 Å². The summed E-state index contributed by atoms with van der Waals surface area (Å²) < 4.78 is 25.8. The van der Waals surface area contributed by atoms with Crippen molar-refractivity contribution in [3.8, 4) is 23.3 Å². The largest absolute Gasteiger partial charge is 0.493 e. The highest BCUT2D eigenvalue weighted by atomic mass is 19.1. The Hall–Kier alpha value is -3.66. The second kappa shape index (κ2) is 7.76. The predicted octanol–water partition coefficient (Wildman–Crippen LogP) is 3.99. The van der Waals surface area contributed by atoms with E-state index in [2.05, 4.69) is 5.10 Å². The molecule has 0 spiro atoms. The van der Waals surface area contributed by atoms with Crippen LogP contribution in [0.1, 0.15) is 40.2 Å². The van der Waals surface area contributed by atoms with Gasteiger partial charge in [-0.1, -0.05) is 0 Å². The zero-order chi connectivity index (χ0) is 20.4. The van der Waals surface area contributed by atoms with E-state index in [1.165, 1.54) is 31.4 Å². The molecule has 0 saturated carbocycles. The Morgan fingerprint density at radius 2 is 1.90 bits per heavy atom. The van der Waals surface area contributed by atoms with Crippen LogP contribution in [-0.2, 0) is 12.8 Å². The lowest BCUT2D eigenvalue weighted by molar-refractivity contribution is 0.0721. The van der Waals surface area contributed by atoms with Crippen molar-refractivity contribution < 1.29 is 18.7 Å². The van der Waals surface area contributed by atoms with Crippen molar-refractivity contribution in [2.24, 2.45) is 0 Å². The van der Waals surface area contributed by atoms with Crippen LogP contribution in [0, 0.1) is 17.1 Å². The summed E-state index contributed by atoms with van der Waals surface area (Å²) in [6.45, 7) is 0. The molecule has 0 N–H and O–H groups in total.